The molecule has 1 saturated heterocycles. The quantitative estimate of drug-likeness (QED) is 0.838. The molecule has 1 fully saturated rings. The maximum absolute atomic E-state index is 10.9. The zero-order chi connectivity index (χ0) is 13.8. The van der Waals surface area contributed by atoms with E-state index in [4.69, 9.17) is 10.8 Å². The van der Waals surface area contributed by atoms with Gasteiger partial charge in [-0.3, -0.25) is 9.69 Å². The van der Waals surface area contributed by atoms with Crippen LogP contribution in [-0.4, -0.2) is 40.0 Å². The Labute approximate surface area is 115 Å². The summed E-state index contributed by atoms with van der Waals surface area (Å²) in [6.45, 7) is 2.48. The molecule has 7 heteroatoms. The van der Waals surface area contributed by atoms with Gasteiger partial charge in [0.2, 0.25) is 10.9 Å². The largest absolute Gasteiger partial charge is 0.476 e. The van der Waals surface area contributed by atoms with Gasteiger partial charge in [-0.25, -0.2) is 9.78 Å². The minimum atomic E-state index is -0.976. The van der Waals surface area contributed by atoms with Crippen molar-refractivity contribution in [1.82, 2.24) is 9.88 Å². The molecule has 3 N–H and O–H groups in total. The molecule has 0 aromatic carbocycles. The average molecular weight is 283 g/mol. The molecule has 2 heterocycles. The van der Waals surface area contributed by atoms with E-state index < -0.39 is 5.97 Å². The van der Waals surface area contributed by atoms with Crippen molar-refractivity contribution in [3.05, 3.63) is 16.1 Å². The van der Waals surface area contributed by atoms with Gasteiger partial charge < -0.3 is 10.8 Å². The van der Waals surface area contributed by atoms with Gasteiger partial charge in [-0.1, -0.05) is 0 Å². The number of amides is 1. The van der Waals surface area contributed by atoms with Crippen molar-refractivity contribution < 1.29 is 14.7 Å². The predicted octanol–water partition coefficient (Wildman–Crippen LogP) is 0.929. The van der Waals surface area contributed by atoms with Crippen molar-refractivity contribution in [3.63, 3.8) is 0 Å². The molecule has 1 aromatic heterocycles. The number of likely N-dealkylation sites (tertiary alicyclic amines) is 1. The van der Waals surface area contributed by atoms with Crippen molar-refractivity contribution in [2.24, 2.45) is 11.7 Å². The van der Waals surface area contributed by atoms with Gasteiger partial charge in [-0.05, 0) is 31.8 Å². The number of aromatic carboxylic acids is 1. The fourth-order valence-electron chi connectivity index (χ4n) is 2.34. The van der Waals surface area contributed by atoms with Gasteiger partial charge >= 0.3 is 5.97 Å². The molecule has 1 aliphatic heterocycles. The molecule has 104 valence electrons. The third kappa shape index (κ3) is 4.00. The number of nitrogens with two attached hydrogens (primary N) is 1. The molecule has 0 radical (unpaired) electrons. The number of hydrogen-bond acceptors (Lipinski definition) is 5. The highest BCUT2D eigenvalue weighted by Crippen LogP contribution is 2.22. The van der Waals surface area contributed by atoms with Crippen LogP contribution in [0.25, 0.3) is 0 Å². The summed E-state index contributed by atoms with van der Waals surface area (Å²) < 4.78 is 0. The van der Waals surface area contributed by atoms with Gasteiger partial charge in [0, 0.05) is 18.3 Å². The predicted molar refractivity (Wildman–Crippen MR) is 70.9 cm³/mol. The van der Waals surface area contributed by atoms with E-state index in [1.165, 1.54) is 0 Å². The number of primary amides is 1. The van der Waals surface area contributed by atoms with Crippen LogP contribution in [0, 0.1) is 5.92 Å². The molecule has 1 amide bonds. The van der Waals surface area contributed by atoms with E-state index in [0.29, 0.717) is 18.9 Å². The maximum Gasteiger partial charge on any atom is 0.365 e. The highest BCUT2D eigenvalue weighted by Gasteiger charge is 2.21. The number of hydrogen-bond donors (Lipinski definition) is 2. The molecular weight excluding hydrogens is 266 g/mol. The number of aromatic nitrogens is 1. The van der Waals surface area contributed by atoms with E-state index in [1.54, 1.807) is 5.38 Å². The van der Waals surface area contributed by atoms with E-state index in [1.807, 2.05) is 0 Å². The van der Waals surface area contributed by atoms with Crippen LogP contribution in [0.2, 0.25) is 0 Å². The summed E-state index contributed by atoms with van der Waals surface area (Å²) >= 11 is 1.16. The summed E-state index contributed by atoms with van der Waals surface area (Å²) in [6, 6.07) is 0. The smallest absolute Gasteiger partial charge is 0.365 e. The number of carbonyl (C=O) groups excluding carboxylic acids is 1. The number of carboxylic acid groups (broad SMARTS) is 1. The van der Waals surface area contributed by atoms with Crippen LogP contribution in [0.15, 0.2) is 5.38 Å². The van der Waals surface area contributed by atoms with E-state index in [0.717, 1.165) is 43.0 Å². The van der Waals surface area contributed by atoms with E-state index in [2.05, 4.69) is 9.88 Å². The first kappa shape index (κ1) is 14.0. The van der Waals surface area contributed by atoms with Crippen LogP contribution in [0.1, 0.15) is 34.8 Å². The van der Waals surface area contributed by atoms with Gasteiger partial charge in [-0.2, -0.15) is 0 Å². The van der Waals surface area contributed by atoms with Crippen LogP contribution in [-0.2, 0) is 11.3 Å². The van der Waals surface area contributed by atoms with Gasteiger partial charge in [0.05, 0.1) is 5.69 Å². The Balaban J connectivity index is 1.81. The van der Waals surface area contributed by atoms with E-state index >= 15 is 0 Å². The standard InChI is InChI=1S/C12H17N3O3S/c13-10(16)5-8-1-3-15(4-2-8)6-9-7-19-11(14-9)12(17)18/h7-8H,1-6H2,(H2,13,16)(H,17,18). The summed E-state index contributed by atoms with van der Waals surface area (Å²) in [5, 5.41) is 10.7. The summed E-state index contributed by atoms with van der Waals surface area (Å²) in [5.41, 5.74) is 6.00. The van der Waals surface area contributed by atoms with Crippen molar-refractivity contribution in [2.75, 3.05) is 13.1 Å². The molecule has 0 atom stereocenters. The first-order valence-electron chi connectivity index (χ1n) is 6.23. The molecule has 6 nitrogen and oxygen atoms in total. The molecule has 1 aromatic rings. The van der Waals surface area contributed by atoms with E-state index in [-0.39, 0.29) is 10.9 Å². The van der Waals surface area contributed by atoms with Gasteiger partial charge in [0.15, 0.2) is 0 Å². The first-order valence-corrected chi connectivity index (χ1v) is 7.11. The second kappa shape index (κ2) is 6.12. The SMILES string of the molecule is NC(=O)CC1CCN(Cc2csc(C(=O)O)n2)CC1. The third-order valence-electron chi connectivity index (χ3n) is 3.32. The highest BCUT2D eigenvalue weighted by atomic mass is 32.1. The molecule has 0 saturated carbocycles. The summed E-state index contributed by atoms with van der Waals surface area (Å²) in [4.78, 5) is 27.9. The molecule has 0 spiro atoms. The maximum atomic E-state index is 10.9. The Morgan fingerprint density at radius 1 is 1.47 bits per heavy atom. The summed E-state index contributed by atoms with van der Waals surface area (Å²) in [6.07, 6.45) is 2.38. The molecule has 2 rings (SSSR count). The lowest BCUT2D eigenvalue weighted by Gasteiger charge is -2.30. The molecule has 1 aliphatic rings. The molecular formula is C12H17N3O3S. The van der Waals surface area contributed by atoms with Crippen molar-refractivity contribution >= 4 is 23.2 Å². The second-order valence-corrected chi connectivity index (χ2v) is 5.70. The lowest BCUT2D eigenvalue weighted by atomic mass is 9.93. The second-order valence-electron chi connectivity index (χ2n) is 4.84. The topological polar surface area (TPSA) is 96.5 Å². The van der Waals surface area contributed by atoms with Crippen LogP contribution in [0.4, 0.5) is 0 Å². The molecule has 0 aliphatic carbocycles. The normalized spacial score (nSPS) is 17.5. The lowest BCUT2D eigenvalue weighted by molar-refractivity contribution is -0.119. The minimum Gasteiger partial charge on any atom is -0.476 e. The zero-order valence-corrected chi connectivity index (χ0v) is 11.4. The Morgan fingerprint density at radius 3 is 2.68 bits per heavy atom. The lowest BCUT2D eigenvalue weighted by Crippen LogP contribution is -2.34. The van der Waals surface area contributed by atoms with Crippen LogP contribution < -0.4 is 5.73 Å². The monoisotopic (exact) mass is 283 g/mol. The van der Waals surface area contributed by atoms with E-state index in [9.17, 15) is 9.59 Å². The number of piperidine rings is 1. The van der Waals surface area contributed by atoms with Crippen LogP contribution >= 0.6 is 11.3 Å². The Hall–Kier alpha value is -1.47. The summed E-state index contributed by atoms with van der Waals surface area (Å²) in [5.74, 6) is -0.820. The van der Waals surface area contributed by atoms with Gasteiger partial charge in [-0.15, -0.1) is 11.3 Å². The fraction of sp³-hybridized carbons (Fsp3) is 0.583. The molecule has 19 heavy (non-hydrogen) atoms. The van der Waals surface area contributed by atoms with Crippen molar-refractivity contribution in [2.45, 2.75) is 25.8 Å². The van der Waals surface area contributed by atoms with Crippen molar-refractivity contribution in [1.29, 1.82) is 0 Å². The van der Waals surface area contributed by atoms with Crippen molar-refractivity contribution in [3.8, 4) is 0 Å². The number of carbonyl (C=O) groups is 2. The van der Waals surface area contributed by atoms with Gasteiger partial charge in [0.25, 0.3) is 0 Å². The number of rotatable bonds is 5. The fourth-order valence-corrected chi connectivity index (χ4v) is 2.99. The number of thiazole rings is 1. The van der Waals surface area contributed by atoms with Crippen LogP contribution in [0.3, 0.4) is 0 Å². The number of nitrogens with zero attached hydrogens (tertiary/aromatic N) is 2. The molecule has 0 unspecified atom stereocenters. The Kier molecular flexibility index (Phi) is 4.49. The Morgan fingerprint density at radius 2 is 2.16 bits per heavy atom. The average Bonchev–Trinajstić information content (AvgIpc) is 2.80. The zero-order valence-electron chi connectivity index (χ0n) is 10.5. The molecule has 0 bridgehead atoms. The number of carboxylic acids is 1. The van der Waals surface area contributed by atoms with Gasteiger partial charge in [0.1, 0.15) is 0 Å². The highest BCUT2D eigenvalue weighted by molar-refractivity contribution is 7.11. The first-order chi connectivity index (χ1) is 9.04. The Bertz CT molecular complexity index is 467. The van der Waals surface area contributed by atoms with Crippen LogP contribution in [0.5, 0.6) is 0 Å². The third-order valence-corrected chi connectivity index (χ3v) is 4.20. The summed E-state index contributed by atoms with van der Waals surface area (Å²) in [7, 11) is 0. The minimum absolute atomic E-state index is 0.138.